The Morgan fingerprint density at radius 1 is 1.57 bits per heavy atom. The average molecular weight is 205 g/mol. The van der Waals surface area contributed by atoms with Gasteiger partial charge in [0.05, 0.1) is 6.04 Å². The summed E-state index contributed by atoms with van der Waals surface area (Å²) < 4.78 is 41.7. The molecule has 0 aromatic carbocycles. The van der Waals surface area contributed by atoms with Gasteiger partial charge in [-0.05, 0) is 13.0 Å². The molecule has 1 aromatic heterocycles. The van der Waals surface area contributed by atoms with Crippen LogP contribution in [-0.4, -0.2) is 0 Å². The van der Waals surface area contributed by atoms with Gasteiger partial charge < -0.3 is 10.2 Å². The molecule has 2 nitrogen and oxygen atoms in total. The normalized spacial score (nSPS) is 14.1. The minimum atomic E-state index is -4.51. The molecule has 0 saturated heterocycles. The van der Waals surface area contributed by atoms with Gasteiger partial charge in [0.25, 0.3) is 0 Å². The van der Waals surface area contributed by atoms with E-state index in [1.54, 1.807) is 0 Å². The van der Waals surface area contributed by atoms with E-state index in [4.69, 9.17) is 5.73 Å². The van der Waals surface area contributed by atoms with Crippen molar-refractivity contribution in [3.63, 3.8) is 0 Å². The molecule has 1 aromatic rings. The zero-order valence-corrected chi connectivity index (χ0v) is 7.56. The number of alkyl halides is 3. The van der Waals surface area contributed by atoms with Crippen LogP contribution in [0.25, 0.3) is 0 Å². The van der Waals surface area contributed by atoms with Gasteiger partial charge in [-0.3, -0.25) is 0 Å². The first-order valence-corrected chi connectivity index (χ1v) is 3.92. The molecule has 14 heavy (non-hydrogen) atoms. The third-order valence-electron chi connectivity index (χ3n) is 1.75. The molecular weight excluding hydrogens is 195 g/mol. The predicted octanol–water partition coefficient (Wildman–Crippen LogP) is 2.79. The number of hydrogen-bond acceptors (Lipinski definition) is 2. The van der Waals surface area contributed by atoms with Crippen molar-refractivity contribution in [1.29, 1.82) is 0 Å². The van der Waals surface area contributed by atoms with Crippen molar-refractivity contribution in [3.05, 3.63) is 35.8 Å². The minimum Gasteiger partial charge on any atom is -0.456 e. The second-order valence-electron chi connectivity index (χ2n) is 2.90. The van der Waals surface area contributed by atoms with E-state index in [0.717, 1.165) is 0 Å². The molecule has 0 aliphatic rings. The Hall–Kier alpha value is -1.23. The molecule has 1 rings (SSSR count). The van der Waals surface area contributed by atoms with Gasteiger partial charge in [-0.15, -0.1) is 6.58 Å². The first-order chi connectivity index (χ1) is 6.36. The number of aryl methyl sites for hydroxylation is 1. The van der Waals surface area contributed by atoms with Gasteiger partial charge in [-0.25, -0.2) is 0 Å². The maximum atomic E-state index is 12.4. The van der Waals surface area contributed by atoms with E-state index in [0.29, 0.717) is 0 Å². The molecule has 0 saturated carbocycles. The Morgan fingerprint density at radius 2 is 2.14 bits per heavy atom. The van der Waals surface area contributed by atoms with Gasteiger partial charge >= 0.3 is 6.18 Å². The SMILES string of the molecule is C=C[C@@H](N)c1cc(C)oc1C(F)(F)F. The van der Waals surface area contributed by atoms with E-state index in [-0.39, 0.29) is 11.3 Å². The summed E-state index contributed by atoms with van der Waals surface area (Å²) in [6, 6.07) is 0.416. The van der Waals surface area contributed by atoms with E-state index in [2.05, 4.69) is 11.0 Å². The Bertz CT molecular complexity index is 340. The topological polar surface area (TPSA) is 39.2 Å². The number of furan rings is 1. The van der Waals surface area contributed by atoms with E-state index in [9.17, 15) is 13.2 Å². The zero-order chi connectivity index (χ0) is 10.9. The Balaban J connectivity index is 3.22. The fourth-order valence-corrected chi connectivity index (χ4v) is 1.13. The highest BCUT2D eigenvalue weighted by molar-refractivity contribution is 5.29. The van der Waals surface area contributed by atoms with Crippen LogP contribution in [0, 0.1) is 6.92 Å². The quantitative estimate of drug-likeness (QED) is 0.754. The van der Waals surface area contributed by atoms with Gasteiger partial charge in [0.2, 0.25) is 5.76 Å². The van der Waals surface area contributed by atoms with Gasteiger partial charge in [-0.1, -0.05) is 6.08 Å². The molecule has 2 N–H and O–H groups in total. The van der Waals surface area contributed by atoms with Crippen molar-refractivity contribution in [2.24, 2.45) is 5.73 Å². The van der Waals surface area contributed by atoms with Crippen LogP contribution in [-0.2, 0) is 6.18 Å². The largest absolute Gasteiger partial charge is 0.456 e. The first kappa shape index (κ1) is 10.8. The third-order valence-corrected chi connectivity index (χ3v) is 1.75. The van der Waals surface area contributed by atoms with Crippen LogP contribution in [0.15, 0.2) is 23.1 Å². The first-order valence-electron chi connectivity index (χ1n) is 3.92. The minimum absolute atomic E-state index is 0.0787. The highest BCUT2D eigenvalue weighted by atomic mass is 19.4. The van der Waals surface area contributed by atoms with E-state index >= 15 is 0 Å². The van der Waals surface area contributed by atoms with Crippen molar-refractivity contribution >= 4 is 0 Å². The lowest BCUT2D eigenvalue weighted by Gasteiger charge is -2.08. The number of nitrogens with two attached hydrogens (primary N) is 1. The van der Waals surface area contributed by atoms with Gasteiger partial charge in [-0.2, -0.15) is 13.2 Å². The summed E-state index contributed by atoms with van der Waals surface area (Å²) in [4.78, 5) is 0. The monoisotopic (exact) mass is 205 g/mol. The fourth-order valence-electron chi connectivity index (χ4n) is 1.13. The maximum Gasteiger partial charge on any atom is 0.449 e. The molecular formula is C9H10F3NO. The Labute approximate surface area is 79.2 Å². The average Bonchev–Trinajstić information content (AvgIpc) is 2.45. The lowest BCUT2D eigenvalue weighted by atomic mass is 10.1. The summed E-state index contributed by atoms with van der Waals surface area (Å²) in [5.41, 5.74) is 5.35. The van der Waals surface area contributed by atoms with Gasteiger partial charge in [0.15, 0.2) is 0 Å². The van der Waals surface area contributed by atoms with Crippen molar-refractivity contribution in [1.82, 2.24) is 0 Å². The van der Waals surface area contributed by atoms with Crippen LogP contribution in [0.4, 0.5) is 13.2 Å². The van der Waals surface area contributed by atoms with E-state index in [1.807, 2.05) is 0 Å². The fraction of sp³-hybridized carbons (Fsp3) is 0.333. The molecule has 1 atom stereocenters. The third kappa shape index (κ3) is 1.98. The maximum absolute atomic E-state index is 12.4. The van der Waals surface area contributed by atoms with Crippen LogP contribution in [0.3, 0.4) is 0 Å². The smallest absolute Gasteiger partial charge is 0.449 e. The molecule has 0 bridgehead atoms. The summed E-state index contributed by atoms with van der Waals surface area (Å²) in [5, 5.41) is 0. The predicted molar refractivity (Wildman–Crippen MR) is 45.6 cm³/mol. The second kappa shape index (κ2) is 3.49. The molecule has 0 amide bonds. The molecule has 0 fully saturated rings. The molecule has 1 heterocycles. The second-order valence-corrected chi connectivity index (χ2v) is 2.90. The number of halogens is 3. The highest BCUT2D eigenvalue weighted by Crippen LogP contribution is 2.36. The molecule has 0 unspecified atom stereocenters. The van der Waals surface area contributed by atoms with E-state index < -0.39 is 18.0 Å². The van der Waals surface area contributed by atoms with E-state index in [1.165, 1.54) is 19.1 Å². The van der Waals surface area contributed by atoms with Gasteiger partial charge in [0.1, 0.15) is 5.76 Å². The van der Waals surface area contributed by atoms with Crippen molar-refractivity contribution in [3.8, 4) is 0 Å². The van der Waals surface area contributed by atoms with Crippen LogP contribution < -0.4 is 5.73 Å². The summed E-state index contributed by atoms with van der Waals surface area (Å²) in [6.45, 7) is 4.77. The van der Waals surface area contributed by atoms with Gasteiger partial charge in [0, 0.05) is 5.56 Å². The summed E-state index contributed by atoms with van der Waals surface area (Å²) in [6.07, 6.45) is -3.27. The van der Waals surface area contributed by atoms with Crippen LogP contribution in [0.1, 0.15) is 23.1 Å². The molecule has 0 spiro atoms. The Morgan fingerprint density at radius 3 is 2.57 bits per heavy atom. The molecule has 0 aliphatic heterocycles. The standard InChI is InChI=1S/C9H10F3NO/c1-3-7(13)6-4-5(2)14-8(6)9(10,11)12/h3-4,7H,1,13H2,2H3/t7-/m1/s1. The lowest BCUT2D eigenvalue weighted by molar-refractivity contribution is -0.154. The van der Waals surface area contributed by atoms with Crippen LogP contribution in [0.5, 0.6) is 0 Å². The van der Waals surface area contributed by atoms with Crippen molar-refractivity contribution in [2.45, 2.75) is 19.1 Å². The zero-order valence-electron chi connectivity index (χ0n) is 7.56. The van der Waals surface area contributed by atoms with Crippen molar-refractivity contribution < 1.29 is 17.6 Å². The van der Waals surface area contributed by atoms with Crippen LogP contribution in [0.2, 0.25) is 0 Å². The molecule has 78 valence electrons. The number of hydrogen-bond donors (Lipinski definition) is 1. The summed E-state index contributed by atoms with van der Waals surface area (Å²) in [7, 11) is 0. The molecule has 5 heteroatoms. The van der Waals surface area contributed by atoms with Crippen LogP contribution >= 0.6 is 0 Å². The van der Waals surface area contributed by atoms with Crippen molar-refractivity contribution in [2.75, 3.05) is 0 Å². The summed E-state index contributed by atoms with van der Waals surface area (Å²) in [5.74, 6) is -0.855. The summed E-state index contributed by atoms with van der Waals surface area (Å²) >= 11 is 0. The Kier molecular flexibility index (Phi) is 2.71. The number of rotatable bonds is 2. The molecule has 0 radical (unpaired) electrons. The highest BCUT2D eigenvalue weighted by Gasteiger charge is 2.38. The molecule has 0 aliphatic carbocycles. The lowest BCUT2D eigenvalue weighted by Crippen LogP contribution is -2.13.